The van der Waals surface area contributed by atoms with E-state index >= 15 is 0 Å². The SMILES string of the molecule is COC(=O)c1cccc2c1N(C)CC(C)N2. The molecule has 1 heterocycles. The highest BCUT2D eigenvalue weighted by molar-refractivity contribution is 5.99. The molecule has 0 bridgehead atoms. The van der Waals surface area contributed by atoms with Gasteiger partial charge < -0.3 is 15.0 Å². The summed E-state index contributed by atoms with van der Waals surface area (Å²) in [7, 11) is 3.39. The minimum atomic E-state index is -0.292. The number of ether oxygens (including phenoxy) is 1. The van der Waals surface area contributed by atoms with Gasteiger partial charge in [0.15, 0.2) is 0 Å². The van der Waals surface area contributed by atoms with Crippen LogP contribution in [-0.4, -0.2) is 32.7 Å². The lowest BCUT2D eigenvalue weighted by molar-refractivity contribution is 0.0601. The second-order valence-electron chi connectivity index (χ2n) is 4.12. The van der Waals surface area contributed by atoms with Crippen LogP contribution in [0.4, 0.5) is 11.4 Å². The number of anilines is 2. The van der Waals surface area contributed by atoms with Crippen LogP contribution in [0, 0.1) is 0 Å². The minimum absolute atomic E-state index is 0.292. The molecule has 0 fully saturated rings. The predicted octanol–water partition coefficient (Wildman–Crippen LogP) is 1.72. The first kappa shape index (κ1) is 10.8. The van der Waals surface area contributed by atoms with Crippen LogP contribution in [0.2, 0.25) is 0 Å². The van der Waals surface area contributed by atoms with Crippen molar-refractivity contribution in [1.29, 1.82) is 0 Å². The predicted molar refractivity (Wildman–Crippen MR) is 64.1 cm³/mol. The Morgan fingerprint density at radius 3 is 3.00 bits per heavy atom. The number of carbonyl (C=O) groups excluding carboxylic acids is 1. The standard InChI is InChI=1S/C12H16N2O2/c1-8-7-14(2)11-9(12(15)16-3)5-4-6-10(11)13-8/h4-6,8,13H,7H2,1-3H3. The third-order valence-electron chi connectivity index (χ3n) is 2.77. The van der Waals surface area contributed by atoms with E-state index in [1.54, 1.807) is 6.07 Å². The van der Waals surface area contributed by atoms with Crippen molar-refractivity contribution in [2.45, 2.75) is 13.0 Å². The highest BCUT2D eigenvalue weighted by Gasteiger charge is 2.24. The van der Waals surface area contributed by atoms with Gasteiger partial charge in [-0.2, -0.15) is 0 Å². The number of para-hydroxylation sites is 1. The van der Waals surface area contributed by atoms with Crippen molar-refractivity contribution < 1.29 is 9.53 Å². The Kier molecular flexibility index (Phi) is 2.73. The van der Waals surface area contributed by atoms with Crippen LogP contribution < -0.4 is 10.2 Å². The van der Waals surface area contributed by atoms with Crippen LogP contribution in [0.3, 0.4) is 0 Å². The molecule has 1 aliphatic rings. The van der Waals surface area contributed by atoms with Gasteiger partial charge >= 0.3 is 5.97 Å². The molecule has 1 aliphatic heterocycles. The second kappa shape index (κ2) is 4.04. The number of esters is 1. The summed E-state index contributed by atoms with van der Waals surface area (Å²) in [6.07, 6.45) is 0. The lowest BCUT2D eigenvalue weighted by Crippen LogP contribution is -2.38. The maximum absolute atomic E-state index is 11.6. The third kappa shape index (κ3) is 1.71. The van der Waals surface area contributed by atoms with Crippen LogP contribution in [0.5, 0.6) is 0 Å². The first-order valence-corrected chi connectivity index (χ1v) is 5.32. The molecule has 16 heavy (non-hydrogen) atoms. The Morgan fingerprint density at radius 2 is 2.31 bits per heavy atom. The summed E-state index contributed by atoms with van der Waals surface area (Å²) in [5.74, 6) is -0.292. The third-order valence-corrected chi connectivity index (χ3v) is 2.77. The van der Waals surface area contributed by atoms with Gasteiger partial charge in [-0.3, -0.25) is 0 Å². The average Bonchev–Trinajstić information content (AvgIpc) is 2.26. The van der Waals surface area contributed by atoms with E-state index in [2.05, 4.69) is 17.1 Å². The second-order valence-corrected chi connectivity index (χ2v) is 4.12. The summed E-state index contributed by atoms with van der Waals surface area (Å²) in [6.45, 7) is 2.99. The van der Waals surface area contributed by atoms with Crippen molar-refractivity contribution in [3.8, 4) is 0 Å². The Morgan fingerprint density at radius 1 is 1.56 bits per heavy atom. The molecule has 4 nitrogen and oxygen atoms in total. The quantitative estimate of drug-likeness (QED) is 0.732. The van der Waals surface area contributed by atoms with E-state index in [4.69, 9.17) is 4.74 Å². The maximum atomic E-state index is 11.6. The van der Waals surface area contributed by atoms with Crippen LogP contribution in [0.15, 0.2) is 18.2 Å². The van der Waals surface area contributed by atoms with E-state index in [0.717, 1.165) is 17.9 Å². The molecule has 2 rings (SSSR count). The molecule has 0 aromatic heterocycles. The van der Waals surface area contributed by atoms with Crippen LogP contribution in [-0.2, 0) is 4.74 Å². The van der Waals surface area contributed by atoms with E-state index in [0.29, 0.717) is 11.6 Å². The Hall–Kier alpha value is -1.71. The fourth-order valence-electron chi connectivity index (χ4n) is 2.16. The number of carbonyl (C=O) groups is 1. The largest absolute Gasteiger partial charge is 0.465 e. The van der Waals surface area contributed by atoms with Gasteiger partial charge in [-0.05, 0) is 19.1 Å². The number of likely N-dealkylation sites (N-methyl/N-ethyl adjacent to an activating group) is 1. The highest BCUT2D eigenvalue weighted by atomic mass is 16.5. The Bertz CT molecular complexity index is 417. The van der Waals surface area contributed by atoms with Gasteiger partial charge in [0.05, 0.1) is 24.0 Å². The first-order valence-electron chi connectivity index (χ1n) is 5.32. The maximum Gasteiger partial charge on any atom is 0.340 e. The van der Waals surface area contributed by atoms with E-state index in [-0.39, 0.29) is 5.97 Å². The highest BCUT2D eigenvalue weighted by Crippen LogP contribution is 2.33. The zero-order chi connectivity index (χ0) is 11.7. The minimum Gasteiger partial charge on any atom is -0.465 e. The van der Waals surface area contributed by atoms with E-state index in [1.807, 2.05) is 19.2 Å². The summed E-state index contributed by atoms with van der Waals surface area (Å²) in [5.41, 5.74) is 2.53. The lowest BCUT2D eigenvalue weighted by Gasteiger charge is -2.34. The van der Waals surface area contributed by atoms with Crippen molar-refractivity contribution in [2.24, 2.45) is 0 Å². The molecule has 1 aromatic carbocycles. The Balaban J connectivity index is 2.50. The van der Waals surface area contributed by atoms with Crippen LogP contribution >= 0.6 is 0 Å². The monoisotopic (exact) mass is 220 g/mol. The van der Waals surface area contributed by atoms with Gasteiger partial charge in [-0.15, -0.1) is 0 Å². The molecule has 0 spiro atoms. The van der Waals surface area contributed by atoms with Crippen LogP contribution in [0.25, 0.3) is 0 Å². The molecular weight excluding hydrogens is 204 g/mol. The zero-order valence-electron chi connectivity index (χ0n) is 9.78. The smallest absolute Gasteiger partial charge is 0.340 e. The molecule has 1 atom stereocenters. The normalized spacial score (nSPS) is 18.7. The fraction of sp³-hybridized carbons (Fsp3) is 0.417. The number of nitrogens with zero attached hydrogens (tertiary/aromatic N) is 1. The number of hydrogen-bond donors (Lipinski definition) is 1. The number of hydrogen-bond acceptors (Lipinski definition) is 4. The first-order chi connectivity index (χ1) is 7.63. The molecule has 0 aliphatic carbocycles. The summed E-state index contributed by atoms with van der Waals surface area (Å²) in [4.78, 5) is 13.7. The summed E-state index contributed by atoms with van der Waals surface area (Å²) in [6, 6.07) is 6.02. The Labute approximate surface area is 95.2 Å². The van der Waals surface area contributed by atoms with Gasteiger partial charge in [-0.1, -0.05) is 6.07 Å². The molecule has 0 amide bonds. The molecule has 1 aromatic rings. The number of benzene rings is 1. The average molecular weight is 220 g/mol. The molecule has 86 valence electrons. The van der Waals surface area contributed by atoms with E-state index < -0.39 is 0 Å². The van der Waals surface area contributed by atoms with E-state index in [1.165, 1.54) is 7.11 Å². The van der Waals surface area contributed by atoms with Crippen molar-refractivity contribution in [3.63, 3.8) is 0 Å². The van der Waals surface area contributed by atoms with Crippen molar-refractivity contribution in [3.05, 3.63) is 23.8 Å². The molecule has 4 heteroatoms. The van der Waals surface area contributed by atoms with Crippen molar-refractivity contribution in [1.82, 2.24) is 0 Å². The number of nitrogens with one attached hydrogen (secondary N) is 1. The zero-order valence-corrected chi connectivity index (χ0v) is 9.78. The molecule has 1 unspecified atom stereocenters. The molecule has 0 radical (unpaired) electrons. The molecule has 1 N–H and O–H groups in total. The summed E-state index contributed by atoms with van der Waals surface area (Å²) < 4.78 is 4.78. The van der Waals surface area contributed by atoms with Crippen LogP contribution in [0.1, 0.15) is 17.3 Å². The van der Waals surface area contributed by atoms with Gasteiger partial charge in [-0.25, -0.2) is 4.79 Å². The molecule has 0 saturated carbocycles. The topological polar surface area (TPSA) is 41.6 Å². The van der Waals surface area contributed by atoms with Gasteiger partial charge in [0, 0.05) is 19.6 Å². The lowest BCUT2D eigenvalue weighted by atomic mass is 10.1. The fourth-order valence-corrected chi connectivity index (χ4v) is 2.16. The number of methoxy groups -OCH3 is 1. The van der Waals surface area contributed by atoms with Gasteiger partial charge in [0.25, 0.3) is 0 Å². The number of fused-ring (bicyclic) bond motifs is 1. The van der Waals surface area contributed by atoms with Crippen molar-refractivity contribution >= 4 is 17.3 Å². The number of rotatable bonds is 1. The summed E-state index contributed by atoms with van der Waals surface area (Å²) in [5, 5.41) is 3.36. The van der Waals surface area contributed by atoms with E-state index in [9.17, 15) is 4.79 Å². The summed E-state index contributed by atoms with van der Waals surface area (Å²) >= 11 is 0. The van der Waals surface area contributed by atoms with Gasteiger partial charge in [0.2, 0.25) is 0 Å². The molecule has 0 saturated heterocycles. The van der Waals surface area contributed by atoms with Crippen molar-refractivity contribution in [2.75, 3.05) is 30.9 Å². The molecular formula is C12H16N2O2. The van der Waals surface area contributed by atoms with Gasteiger partial charge in [0.1, 0.15) is 0 Å².